The van der Waals surface area contributed by atoms with E-state index in [-0.39, 0.29) is 12.2 Å². The molecule has 0 bridgehead atoms. The normalized spacial score (nSPS) is 45.8. The standard InChI is InChI=1S/C7H14O4/c1-4-3-5(10-2)6(8)7(9)11-4/h4-9H,3H2,1-2H3/t4-,5+,6-,7+/m1/s1. The molecular formula is C7H14O4. The Morgan fingerprint density at radius 2 is 2.09 bits per heavy atom. The molecule has 0 aromatic carbocycles. The Hall–Kier alpha value is -0.160. The summed E-state index contributed by atoms with van der Waals surface area (Å²) in [4.78, 5) is 0. The van der Waals surface area contributed by atoms with Crippen molar-refractivity contribution in [3.8, 4) is 0 Å². The van der Waals surface area contributed by atoms with Crippen molar-refractivity contribution in [1.82, 2.24) is 0 Å². The molecule has 1 saturated heterocycles. The minimum absolute atomic E-state index is 0.0571. The smallest absolute Gasteiger partial charge is 0.183 e. The van der Waals surface area contributed by atoms with E-state index in [4.69, 9.17) is 14.6 Å². The highest BCUT2D eigenvalue weighted by molar-refractivity contribution is 4.79. The van der Waals surface area contributed by atoms with Crippen molar-refractivity contribution < 1.29 is 19.7 Å². The summed E-state index contributed by atoms with van der Waals surface area (Å²) in [5, 5.41) is 18.4. The molecule has 1 heterocycles. The maximum atomic E-state index is 9.26. The van der Waals surface area contributed by atoms with Gasteiger partial charge in [-0.2, -0.15) is 0 Å². The molecule has 0 aliphatic carbocycles. The summed E-state index contributed by atoms with van der Waals surface area (Å²) in [6.45, 7) is 1.83. The van der Waals surface area contributed by atoms with Crippen molar-refractivity contribution in [3.05, 3.63) is 0 Å². The molecule has 1 aliphatic rings. The van der Waals surface area contributed by atoms with E-state index in [0.29, 0.717) is 6.42 Å². The van der Waals surface area contributed by atoms with E-state index in [1.165, 1.54) is 7.11 Å². The first-order valence-electron chi connectivity index (χ1n) is 3.69. The molecule has 0 saturated carbocycles. The van der Waals surface area contributed by atoms with E-state index in [2.05, 4.69) is 0 Å². The fraction of sp³-hybridized carbons (Fsp3) is 1.00. The monoisotopic (exact) mass is 162 g/mol. The van der Waals surface area contributed by atoms with Gasteiger partial charge >= 0.3 is 0 Å². The number of rotatable bonds is 1. The molecule has 1 fully saturated rings. The molecule has 0 spiro atoms. The lowest BCUT2D eigenvalue weighted by atomic mass is 10.0. The molecule has 0 unspecified atom stereocenters. The van der Waals surface area contributed by atoms with Gasteiger partial charge in [0.25, 0.3) is 0 Å². The second-order valence-corrected chi connectivity index (χ2v) is 2.84. The van der Waals surface area contributed by atoms with Crippen LogP contribution in [0.15, 0.2) is 0 Å². The SMILES string of the molecule is CO[C@H]1C[C@@H](C)O[C@H](O)[C@@H]1O. The third-order valence-corrected chi connectivity index (χ3v) is 1.91. The molecule has 1 aliphatic heterocycles. The third-order valence-electron chi connectivity index (χ3n) is 1.91. The van der Waals surface area contributed by atoms with Crippen molar-refractivity contribution in [1.29, 1.82) is 0 Å². The lowest BCUT2D eigenvalue weighted by molar-refractivity contribution is -0.247. The number of aliphatic hydroxyl groups is 2. The molecule has 4 atom stereocenters. The van der Waals surface area contributed by atoms with Crippen LogP contribution in [0.1, 0.15) is 13.3 Å². The van der Waals surface area contributed by atoms with Crippen LogP contribution in [0.25, 0.3) is 0 Å². The number of aliphatic hydroxyl groups excluding tert-OH is 2. The van der Waals surface area contributed by atoms with Crippen LogP contribution in [0.5, 0.6) is 0 Å². The van der Waals surface area contributed by atoms with Gasteiger partial charge in [-0.15, -0.1) is 0 Å². The lowest BCUT2D eigenvalue weighted by Gasteiger charge is -2.34. The van der Waals surface area contributed by atoms with Crippen LogP contribution in [0.3, 0.4) is 0 Å². The Morgan fingerprint density at radius 3 is 2.64 bits per heavy atom. The molecule has 2 N–H and O–H groups in total. The third kappa shape index (κ3) is 1.90. The molecule has 11 heavy (non-hydrogen) atoms. The molecule has 0 aromatic rings. The van der Waals surface area contributed by atoms with Gasteiger partial charge in [-0.05, 0) is 6.92 Å². The number of hydrogen-bond donors (Lipinski definition) is 2. The highest BCUT2D eigenvalue weighted by Gasteiger charge is 2.34. The van der Waals surface area contributed by atoms with Crippen LogP contribution in [0, 0.1) is 0 Å². The van der Waals surface area contributed by atoms with Crippen molar-refractivity contribution in [2.24, 2.45) is 0 Å². The van der Waals surface area contributed by atoms with Gasteiger partial charge < -0.3 is 19.7 Å². The summed E-state index contributed by atoms with van der Waals surface area (Å²) in [5.74, 6) is 0. The van der Waals surface area contributed by atoms with Gasteiger partial charge in [-0.25, -0.2) is 0 Å². The Kier molecular flexibility index (Phi) is 2.84. The van der Waals surface area contributed by atoms with Crippen LogP contribution in [0.2, 0.25) is 0 Å². The summed E-state index contributed by atoms with van der Waals surface area (Å²) >= 11 is 0. The van der Waals surface area contributed by atoms with Gasteiger partial charge in [0.05, 0.1) is 12.2 Å². The minimum Gasteiger partial charge on any atom is -0.385 e. The van der Waals surface area contributed by atoms with Crippen molar-refractivity contribution in [2.75, 3.05) is 7.11 Å². The molecular weight excluding hydrogens is 148 g/mol. The molecule has 66 valence electrons. The molecule has 4 heteroatoms. The van der Waals surface area contributed by atoms with E-state index < -0.39 is 12.4 Å². The highest BCUT2D eigenvalue weighted by atomic mass is 16.6. The van der Waals surface area contributed by atoms with Gasteiger partial charge in [0.15, 0.2) is 6.29 Å². The minimum atomic E-state index is -1.11. The number of hydrogen-bond acceptors (Lipinski definition) is 4. The fourth-order valence-electron chi connectivity index (χ4n) is 1.26. The van der Waals surface area contributed by atoms with Crippen molar-refractivity contribution in [3.63, 3.8) is 0 Å². The molecule has 0 aromatic heterocycles. The van der Waals surface area contributed by atoms with Crippen LogP contribution in [0.4, 0.5) is 0 Å². The predicted octanol–water partition coefficient (Wildman–Crippen LogP) is -0.510. The van der Waals surface area contributed by atoms with E-state index >= 15 is 0 Å². The van der Waals surface area contributed by atoms with Crippen LogP contribution < -0.4 is 0 Å². The quantitative estimate of drug-likeness (QED) is 0.545. The lowest BCUT2D eigenvalue weighted by Crippen LogP contribution is -2.48. The van der Waals surface area contributed by atoms with Gasteiger partial charge in [0.2, 0.25) is 0 Å². The van der Waals surface area contributed by atoms with Gasteiger partial charge in [0.1, 0.15) is 6.10 Å². The van der Waals surface area contributed by atoms with Crippen molar-refractivity contribution in [2.45, 2.75) is 37.9 Å². The van der Waals surface area contributed by atoms with Gasteiger partial charge in [0, 0.05) is 13.5 Å². The highest BCUT2D eigenvalue weighted by Crippen LogP contribution is 2.20. The first kappa shape index (κ1) is 8.93. The largest absolute Gasteiger partial charge is 0.385 e. The Labute approximate surface area is 65.7 Å². The van der Waals surface area contributed by atoms with E-state index in [0.717, 1.165) is 0 Å². The van der Waals surface area contributed by atoms with E-state index in [9.17, 15) is 5.11 Å². The molecule has 0 amide bonds. The van der Waals surface area contributed by atoms with Gasteiger partial charge in [-0.1, -0.05) is 0 Å². The molecule has 1 rings (SSSR count). The average Bonchev–Trinajstić information content (AvgIpc) is 1.96. The zero-order chi connectivity index (χ0) is 8.43. The second kappa shape index (κ2) is 3.49. The Balaban J connectivity index is 2.51. The zero-order valence-electron chi connectivity index (χ0n) is 6.73. The topological polar surface area (TPSA) is 58.9 Å². The summed E-state index contributed by atoms with van der Waals surface area (Å²) in [6, 6.07) is 0. The zero-order valence-corrected chi connectivity index (χ0v) is 6.73. The van der Waals surface area contributed by atoms with Crippen LogP contribution >= 0.6 is 0 Å². The summed E-state index contributed by atoms with van der Waals surface area (Å²) in [5.41, 5.74) is 0. The maximum absolute atomic E-state index is 9.26. The predicted molar refractivity (Wildman–Crippen MR) is 38.0 cm³/mol. The Bertz CT molecular complexity index is 128. The van der Waals surface area contributed by atoms with E-state index in [1.807, 2.05) is 6.92 Å². The number of methoxy groups -OCH3 is 1. The first-order chi connectivity index (χ1) is 5.15. The van der Waals surface area contributed by atoms with Crippen LogP contribution in [-0.2, 0) is 9.47 Å². The Morgan fingerprint density at radius 1 is 1.45 bits per heavy atom. The summed E-state index contributed by atoms with van der Waals surface area (Å²) in [6.07, 6.45) is -1.78. The van der Waals surface area contributed by atoms with Gasteiger partial charge in [-0.3, -0.25) is 0 Å². The summed E-state index contributed by atoms with van der Waals surface area (Å²) in [7, 11) is 1.51. The molecule has 0 radical (unpaired) electrons. The second-order valence-electron chi connectivity index (χ2n) is 2.84. The van der Waals surface area contributed by atoms with Crippen molar-refractivity contribution >= 4 is 0 Å². The molecule has 4 nitrogen and oxygen atoms in total. The number of ether oxygens (including phenoxy) is 2. The average molecular weight is 162 g/mol. The summed E-state index contributed by atoms with van der Waals surface area (Å²) < 4.78 is 9.91. The van der Waals surface area contributed by atoms with E-state index in [1.54, 1.807) is 0 Å². The fourth-order valence-corrected chi connectivity index (χ4v) is 1.26. The maximum Gasteiger partial charge on any atom is 0.183 e. The first-order valence-corrected chi connectivity index (χ1v) is 3.69. The van der Waals surface area contributed by atoms with Crippen LogP contribution in [-0.4, -0.2) is 41.9 Å².